The Labute approximate surface area is 105 Å². The van der Waals surface area contributed by atoms with E-state index in [9.17, 15) is 4.79 Å². The Bertz CT molecular complexity index is 399. The highest BCUT2D eigenvalue weighted by atomic mass is 16.5. The predicted octanol–water partition coefficient (Wildman–Crippen LogP) is -0.513. The molecule has 1 N–H and O–H groups in total. The molecule has 0 aliphatic carbocycles. The second-order valence-electron chi connectivity index (χ2n) is 4.57. The van der Waals surface area contributed by atoms with Gasteiger partial charge in [-0.25, -0.2) is 0 Å². The van der Waals surface area contributed by atoms with E-state index in [2.05, 4.69) is 27.0 Å². The van der Waals surface area contributed by atoms with Gasteiger partial charge in [-0.3, -0.25) is 4.79 Å². The molecule has 100 valence electrons. The standard InChI is InChI=1S/C11H18N4O3/c1-14-4-6-15(7-5-14)3-2-9-12-10(18-13-9)8-11(16)17/h2-8H2,1H3,(H,16,17). The van der Waals surface area contributed by atoms with Crippen LogP contribution in [0.4, 0.5) is 0 Å². The summed E-state index contributed by atoms with van der Waals surface area (Å²) in [4.78, 5) is 19.2. The fourth-order valence-corrected chi connectivity index (χ4v) is 1.92. The molecule has 1 aliphatic heterocycles. The van der Waals surface area contributed by atoms with Crippen LogP contribution in [0.3, 0.4) is 0 Å². The van der Waals surface area contributed by atoms with Crippen LogP contribution in [-0.2, 0) is 17.6 Å². The van der Waals surface area contributed by atoms with Gasteiger partial charge in [-0.1, -0.05) is 5.16 Å². The van der Waals surface area contributed by atoms with Crippen LogP contribution in [0, 0.1) is 0 Å². The summed E-state index contributed by atoms with van der Waals surface area (Å²) in [6, 6.07) is 0. The lowest BCUT2D eigenvalue weighted by Crippen LogP contribution is -2.45. The Morgan fingerprint density at radius 2 is 2.11 bits per heavy atom. The van der Waals surface area contributed by atoms with Crippen LogP contribution in [0.25, 0.3) is 0 Å². The molecular weight excluding hydrogens is 236 g/mol. The monoisotopic (exact) mass is 254 g/mol. The molecule has 2 heterocycles. The molecule has 2 rings (SSSR count). The summed E-state index contributed by atoms with van der Waals surface area (Å²) in [5, 5.41) is 12.4. The van der Waals surface area contributed by atoms with Crippen molar-refractivity contribution < 1.29 is 14.4 Å². The molecule has 0 aromatic carbocycles. The molecule has 0 saturated carbocycles. The van der Waals surface area contributed by atoms with Gasteiger partial charge in [0.05, 0.1) is 0 Å². The molecule has 7 nitrogen and oxygen atoms in total. The van der Waals surface area contributed by atoms with Gasteiger partial charge in [-0.05, 0) is 7.05 Å². The molecule has 0 unspecified atom stereocenters. The average molecular weight is 254 g/mol. The number of hydrogen-bond donors (Lipinski definition) is 1. The van der Waals surface area contributed by atoms with E-state index in [0.717, 1.165) is 32.7 Å². The lowest BCUT2D eigenvalue weighted by molar-refractivity contribution is -0.136. The van der Waals surface area contributed by atoms with Crippen LogP contribution < -0.4 is 0 Å². The van der Waals surface area contributed by atoms with Crippen molar-refractivity contribution in [3.63, 3.8) is 0 Å². The summed E-state index contributed by atoms with van der Waals surface area (Å²) in [7, 11) is 2.12. The van der Waals surface area contributed by atoms with E-state index in [4.69, 9.17) is 9.63 Å². The van der Waals surface area contributed by atoms with Gasteiger partial charge in [-0.2, -0.15) is 4.98 Å². The zero-order chi connectivity index (χ0) is 13.0. The van der Waals surface area contributed by atoms with Gasteiger partial charge < -0.3 is 19.4 Å². The maximum atomic E-state index is 10.5. The maximum Gasteiger partial charge on any atom is 0.312 e. The summed E-state index contributed by atoms with van der Waals surface area (Å²) >= 11 is 0. The maximum absolute atomic E-state index is 10.5. The third-order valence-electron chi connectivity index (χ3n) is 3.06. The highest BCUT2D eigenvalue weighted by Crippen LogP contribution is 2.03. The second kappa shape index (κ2) is 5.92. The van der Waals surface area contributed by atoms with Crippen molar-refractivity contribution in [3.05, 3.63) is 11.7 Å². The van der Waals surface area contributed by atoms with Crippen molar-refractivity contribution in [2.24, 2.45) is 0 Å². The number of aromatic nitrogens is 2. The number of likely N-dealkylation sites (N-methyl/N-ethyl adjacent to an activating group) is 1. The molecule has 1 aromatic rings. The van der Waals surface area contributed by atoms with Crippen molar-refractivity contribution in [2.45, 2.75) is 12.8 Å². The fourth-order valence-electron chi connectivity index (χ4n) is 1.92. The normalized spacial score (nSPS) is 18.1. The van der Waals surface area contributed by atoms with Gasteiger partial charge >= 0.3 is 5.97 Å². The molecule has 0 radical (unpaired) electrons. The van der Waals surface area contributed by atoms with E-state index in [1.165, 1.54) is 0 Å². The lowest BCUT2D eigenvalue weighted by atomic mass is 10.3. The van der Waals surface area contributed by atoms with Crippen molar-refractivity contribution >= 4 is 5.97 Å². The van der Waals surface area contributed by atoms with Crippen LogP contribution in [-0.4, -0.2) is 70.8 Å². The van der Waals surface area contributed by atoms with Gasteiger partial charge in [-0.15, -0.1) is 0 Å². The molecule has 0 amide bonds. The van der Waals surface area contributed by atoms with E-state index in [1.54, 1.807) is 0 Å². The van der Waals surface area contributed by atoms with Crippen molar-refractivity contribution in [2.75, 3.05) is 39.8 Å². The number of aliphatic carboxylic acids is 1. The van der Waals surface area contributed by atoms with E-state index in [1.807, 2.05) is 0 Å². The SMILES string of the molecule is CN1CCN(CCc2noc(CC(=O)O)n2)CC1. The molecule has 0 spiro atoms. The molecule has 1 aromatic heterocycles. The molecule has 1 aliphatic rings. The molecule has 0 atom stereocenters. The van der Waals surface area contributed by atoms with Gasteiger partial charge in [0.1, 0.15) is 6.42 Å². The number of carbonyl (C=O) groups is 1. The van der Waals surface area contributed by atoms with Crippen LogP contribution in [0.5, 0.6) is 0 Å². The summed E-state index contributed by atoms with van der Waals surface area (Å²) in [6.07, 6.45) is 0.494. The number of nitrogens with zero attached hydrogens (tertiary/aromatic N) is 4. The smallest absolute Gasteiger partial charge is 0.312 e. The first-order valence-corrected chi connectivity index (χ1v) is 6.07. The minimum absolute atomic E-state index is 0.177. The number of rotatable bonds is 5. The highest BCUT2D eigenvalue weighted by molar-refractivity contribution is 5.68. The molecular formula is C11H18N4O3. The van der Waals surface area contributed by atoms with Crippen LogP contribution in [0.1, 0.15) is 11.7 Å². The lowest BCUT2D eigenvalue weighted by Gasteiger charge is -2.31. The van der Waals surface area contributed by atoms with Crippen molar-refractivity contribution in [3.8, 4) is 0 Å². The van der Waals surface area contributed by atoms with Crippen LogP contribution in [0.15, 0.2) is 4.52 Å². The van der Waals surface area contributed by atoms with Crippen LogP contribution >= 0.6 is 0 Å². The minimum Gasteiger partial charge on any atom is -0.481 e. The third kappa shape index (κ3) is 3.78. The summed E-state index contributed by atoms with van der Waals surface area (Å²) in [6.45, 7) is 5.15. The zero-order valence-corrected chi connectivity index (χ0v) is 10.5. The zero-order valence-electron chi connectivity index (χ0n) is 10.5. The minimum atomic E-state index is -0.954. The van der Waals surface area contributed by atoms with E-state index < -0.39 is 5.97 Å². The van der Waals surface area contributed by atoms with E-state index in [0.29, 0.717) is 12.2 Å². The first-order valence-electron chi connectivity index (χ1n) is 6.07. The number of hydrogen-bond acceptors (Lipinski definition) is 6. The molecule has 0 bridgehead atoms. The Balaban J connectivity index is 1.76. The molecule has 7 heteroatoms. The summed E-state index contributed by atoms with van der Waals surface area (Å²) in [5.74, 6) is -0.190. The number of piperazine rings is 1. The summed E-state index contributed by atoms with van der Waals surface area (Å²) < 4.78 is 4.86. The van der Waals surface area contributed by atoms with E-state index >= 15 is 0 Å². The summed E-state index contributed by atoms with van der Waals surface area (Å²) in [5.41, 5.74) is 0. The van der Waals surface area contributed by atoms with Crippen molar-refractivity contribution in [1.82, 2.24) is 19.9 Å². The Morgan fingerprint density at radius 3 is 2.78 bits per heavy atom. The molecule has 1 fully saturated rings. The Kier molecular flexibility index (Phi) is 4.27. The van der Waals surface area contributed by atoms with Crippen molar-refractivity contribution in [1.29, 1.82) is 0 Å². The first-order chi connectivity index (χ1) is 8.63. The molecule has 18 heavy (non-hydrogen) atoms. The van der Waals surface area contributed by atoms with E-state index in [-0.39, 0.29) is 12.3 Å². The third-order valence-corrected chi connectivity index (χ3v) is 3.06. The Morgan fingerprint density at radius 1 is 1.39 bits per heavy atom. The Hall–Kier alpha value is -1.47. The predicted molar refractivity (Wildman–Crippen MR) is 63.3 cm³/mol. The number of carboxylic acid groups (broad SMARTS) is 1. The van der Waals surface area contributed by atoms with Gasteiger partial charge in [0.15, 0.2) is 5.82 Å². The average Bonchev–Trinajstić information content (AvgIpc) is 2.75. The largest absolute Gasteiger partial charge is 0.481 e. The van der Waals surface area contributed by atoms with Gasteiger partial charge in [0, 0.05) is 39.1 Å². The number of carboxylic acids is 1. The van der Waals surface area contributed by atoms with Gasteiger partial charge in [0.25, 0.3) is 0 Å². The first kappa shape index (κ1) is 13.0. The topological polar surface area (TPSA) is 82.7 Å². The highest BCUT2D eigenvalue weighted by Gasteiger charge is 2.15. The molecule has 1 saturated heterocycles. The van der Waals surface area contributed by atoms with Gasteiger partial charge in [0.2, 0.25) is 5.89 Å². The van der Waals surface area contributed by atoms with Crippen LogP contribution in [0.2, 0.25) is 0 Å². The second-order valence-corrected chi connectivity index (χ2v) is 4.57. The quantitative estimate of drug-likeness (QED) is 0.757. The fraction of sp³-hybridized carbons (Fsp3) is 0.727.